The third-order valence-corrected chi connectivity index (χ3v) is 2.37. The first-order valence-electron chi connectivity index (χ1n) is 5.50. The van der Waals surface area contributed by atoms with E-state index in [0.29, 0.717) is 18.7 Å². The molecule has 1 aromatic rings. The fourth-order valence-electron chi connectivity index (χ4n) is 1.48. The average molecular weight is 260 g/mol. The van der Waals surface area contributed by atoms with Gasteiger partial charge in [-0.2, -0.15) is 0 Å². The smallest absolute Gasteiger partial charge is 0.239 e. The molecule has 0 saturated heterocycles. The van der Waals surface area contributed by atoms with Crippen molar-refractivity contribution in [2.45, 2.75) is 19.9 Å². The summed E-state index contributed by atoms with van der Waals surface area (Å²) in [5.74, 6) is -4.18. The van der Waals surface area contributed by atoms with Crippen LogP contribution < -0.4 is 11.1 Å². The van der Waals surface area contributed by atoms with Gasteiger partial charge in [0.2, 0.25) is 5.91 Å². The Bertz CT molecular complexity index is 449. The van der Waals surface area contributed by atoms with Crippen LogP contribution in [0, 0.1) is 23.4 Å². The normalized spacial score (nSPS) is 12.8. The molecule has 1 atom stereocenters. The topological polar surface area (TPSA) is 55.1 Å². The van der Waals surface area contributed by atoms with Crippen LogP contribution in [0.5, 0.6) is 0 Å². The second-order valence-corrected chi connectivity index (χ2v) is 4.43. The SMILES string of the molecule is CC(C)CNC(C(N)=O)c1cc(F)c(F)cc1F. The monoisotopic (exact) mass is 260 g/mol. The summed E-state index contributed by atoms with van der Waals surface area (Å²) in [7, 11) is 0. The largest absolute Gasteiger partial charge is 0.368 e. The highest BCUT2D eigenvalue weighted by Crippen LogP contribution is 2.20. The van der Waals surface area contributed by atoms with E-state index >= 15 is 0 Å². The minimum Gasteiger partial charge on any atom is -0.368 e. The van der Waals surface area contributed by atoms with E-state index in [1.807, 2.05) is 13.8 Å². The standard InChI is InChI=1S/C12H15F3N2O/c1-6(2)5-17-11(12(16)18)7-3-9(14)10(15)4-8(7)13/h3-4,6,11,17H,5H2,1-2H3,(H2,16,18). The molecule has 0 aromatic heterocycles. The van der Waals surface area contributed by atoms with Crippen molar-refractivity contribution in [1.29, 1.82) is 0 Å². The van der Waals surface area contributed by atoms with Crippen molar-refractivity contribution >= 4 is 5.91 Å². The van der Waals surface area contributed by atoms with Crippen LogP contribution in [0.4, 0.5) is 13.2 Å². The van der Waals surface area contributed by atoms with Gasteiger partial charge in [-0.3, -0.25) is 4.79 Å². The number of benzene rings is 1. The second kappa shape index (κ2) is 5.86. The van der Waals surface area contributed by atoms with Crippen LogP contribution in [0.1, 0.15) is 25.5 Å². The molecular weight excluding hydrogens is 245 g/mol. The third kappa shape index (κ3) is 3.46. The molecule has 6 heteroatoms. The van der Waals surface area contributed by atoms with E-state index in [0.717, 1.165) is 0 Å². The summed E-state index contributed by atoms with van der Waals surface area (Å²) in [5.41, 5.74) is 4.84. The van der Waals surface area contributed by atoms with Crippen molar-refractivity contribution in [3.8, 4) is 0 Å². The van der Waals surface area contributed by atoms with Gasteiger partial charge in [0.25, 0.3) is 0 Å². The highest BCUT2D eigenvalue weighted by atomic mass is 19.2. The Hall–Kier alpha value is -1.56. The lowest BCUT2D eigenvalue weighted by atomic mass is 10.0. The van der Waals surface area contributed by atoms with Crippen LogP contribution in [0.25, 0.3) is 0 Å². The van der Waals surface area contributed by atoms with Crippen molar-refractivity contribution < 1.29 is 18.0 Å². The maximum absolute atomic E-state index is 13.5. The number of halogens is 3. The Morgan fingerprint density at radius 1 is 1.22 bits per heavy atom. The Kier molecular flexibility index (Phi) is 4.72. The van der Waals surface area contributed by atoms with Crippen LogP contribution in [-0.2, 0) is 4.79 Å². The predicted octanol–water partition coefficient (Wildman–Crippen LogP) is 1.88. The Morgan fingerprint density at radius 2 is 1.78 bits per heavy atom. The first kappa shape index (κ1) is 14.5. The summed E-state index contributed by atoms with van der Waals surface area (Å²) in [4.78, 5) is 11.2. The lowest BCUT2D eigenvalue weighted by molar-refractivity contribution is -0.120. The molecular formula is C12H15F3N2O. The zero-order valence-electron chi connectivity index (χ0n) is 10.1. The van der Waals surface area contributed by atoms with Crippen molar-refractivity contribution in [2.24, 2.45) is 11.7 Å². The van der Waals surface area contributed by atoms with Crippen LogP contribution in [0.2, 0.25) is 0 Å². The molecule has 18 heavy (non-hydrogen) atoms. The quantitative estimate of drug-likeness (QED) is 0.794. The maximum Gasteiger partial charge on any atom is 0.239 e. The summed E-state index contributed by atoms with van der Waals surface area (Å²) < 4.78 is 39.4. The fourth-order valence-corrected chi connectivity index (χ4v) is 1.48. The molecule has 0 fully saturated rings. The molecule has 3 N–H and O–H groups in total. The molecule has 1 aromatic carbocycles. The van der Waals surface area contributed by atoms with Crippen molar-refractivity contribution in [1.82, 2.24) is 5.32 Å². The fraction of sp³-hybridized carbons (Fsp3) is 0.417. The zero-order valence-corrected chi connectivity index (χ0v) is 10.1. The van der Waals surface area contributed by atoms with Gasteiger partial charge in [0.15, 0.2) is 11.6 Å². The van der Waals surface area contributed by atoms with Crippen molar-refractivity contribution in [2.75, 3.05) is 6.54 Å². The van der Waals surface area contributed by atoms with Gasteiger partial charge >= 0.3 is 0 Å². The van der Waals surface area contributed by atoms with Gasteiger partial charge in [-0.1, -0.05) is 13.8 Å². The number of nitrogens with one attached hydrogen (secondary N) is 1. The third-order valence-electron chi connectivity index (χ3n) is 2.37. The molecule has 0 aliphatic rings. The first-order chi connectivity index (χ1) is 8.32. The van der Waals surface area contributed by atoms with E-state index in [-0.39, 0.29) is 11.5 Å². The molecule has 0 radical (unpaired) electrons. The number of amides is 1. The number of hydrogen-bond acceptors (Lipinski definition) is 2. The number of primary amides is 1. The lowest BCUT2D eigenvalue weighted by Gasteiger charge is -2.18. The van der Waals surface area contributed by atoms with Gasteiger partial charge in [0, 0.05) is 11.6 Å². The molecule has 0 heterocycles. The zero-order chi connectivity index (χ0) is 13.9. The van der Waals surface area contributed by atoms with Crippen molar-refractivity contribution in [3.63, 3.8) is 0 Å². The molecule has 0 aliphatic carbocycles. The number of carbonyl (C=O) groups is 1. The van der Waals surface area contributed by atoms with E-state index in [9.17, 15) is 18.0 Å². The molecule has 0 spiro atoms. The maximum atomic E-state index is 13.5. The number of hydrogen-bond donors (Lipinski definition) is 2. The molecule has 0 bridgehead atoms. The number of rotatable bonds is 5. The van der Waals surface area contributed by atoms with E-state index < -0.39 is 29.4 Å². The number of carbonyl (C=O) groups excluding carboxylic acids is 1. The highest BCUT2D eigenvalue weighted by Gasteiger charge is 2.23. The predicted molar refractivity (Wildman–Crippen MR) is 61.1 cm³/mol. The summed E-state index contributed by atoms with van der Waals surface area (Å²) in [6, 6.07) is -0.132. The molecule has 1 amide bonds. The summed E-state index contributed by atoms with van der Waals surface area (Å²) in [5, 5.41) is 2.72. The van der Waals surface area contributed by atoms with Crippen LogP contribution in [-0.4, -0.2) is 12.5 Å². The summed E-state index contributed by atoms with van der Waals surface area (Å²) in [6.45, 7) is 4.16. The lowest BCUT2D eigenvalue weighted by Crippen LogP contribution is -2.36. The van der Waals surface area contributed by atoms with Crippen LogP contribution in [0.15, 0.2) is 12.1 Å². The average Bonchev–Trinajstić information content (AvgIpc) is 2.24. The highest BCUT2D eigenvalue weighted by molar-refractivity contribution is 5.81. The van der Waals surface area contributed by atoms with Gasteiger partial charge in [-0.25, -0.2) is 13.2 Å². The van der Waals surface area contributed by atoms with Gasteiger partial charge in [-0.15, -0.1) is 0 Å². The van der Waals surface area contributed by atoms with E-state index in [4.69, 9.17) is 5.73 Å². The molecule has 0 saturated carbocycles. The minimum atomic E-state index is -1.30. The Labute approximate surface area is 103 Å². The molecule has 3 nitrogen and oxygen atoms in total. The molecule has 100 valence electrons. The first-order valence-corrected chi connectivity index (χ1v) is 5.50. The van der Waals surface area contributed by atoms with E-state index in [1.165, 1.54) is 0 Å². The van der Waals surface area contributed by atoms with Crippen molar-refractivity contribution in [3.05, 3.63) is 35.1 Å². The Balaban J connectivity index is 3.06. The van der Waals surface area contributed by atoms with Crippen LogP contribution >= 0.6 is 0 Å². The van der Waals surface area contributed by atoms with Crippen LogP contribution in [0.3, 0.4) is 0 Å². The van der Waals surface area contributed by atoms with E-state index in [1.54, 1.807) is 0 Å². The second-order valence-electron chi connectivity index (χ2n) is 4.43. The summed E-state index contributed by atoms with van der Waals surface area (Å²) in [6.07, 6.45) is 0. The molecule has 1 unspecified atom stereocenters. The molecule has 0 aliphatic heterocycles. The summed E-state index contributed by atoms with van der Waals surface area (Å²) >= 11 is 0. The van der Waals surface area contributed by atoms with E-state index in [2.05, 4.69) is 5.32 Å². The van der Waals surface area contributed by atoms with Gasteiger partial charge < -0.3 is 11.1 Å². The number of nitrogens with two attached hydrogens (primary N) is 1. The van der Waals surface area contributed by atoms with Gasteiger partial charge in [-0.05, 0) is 18.5 Å². The molecule has 1 rings (SSSR count). The Morgan fingerprint density at radius 3 is 2.28 bits per heavy atom. The minimum absolute atomic E-state index is 0.195. The van der Waals surface area contributed by atoms with Gasteiger partial charge in [0.05, 0.1) is 0 Å². The van der Waals surface area contributed by atoms with Gasteiger partial charge in [0.1, 0.15) is 11.9 Å².